The van der Waals surface area contributed by atoms with Crippen LogP contribution in [0.4, 0.5) is 5.69 Å². The Hall–Kier alpha value is -1.40. The van der Waals surface area contributed by atoms with E-state index in [2.05, 4.69) is 15.4 Å². The van der Waals surface area contributed by atoms with Crippen molar-refractivity contribution >= 4 is 28.6 Å². The van der Waals surface area contributed by atoms with E-state index in [-0.39, 0.29) is 5.56 Å². The third-order valence-corrected chi connectivity index (χ3v) is 4.51. The summed E-state index contributed by atoms with van der Waals surface area (Å²) < 4.78 is 1.51. The molecule has 3 rings (SSSR count). The number of nitrogens with zero attached hydrogens (tertiary/aromatic N) is 3. The highest BCUT2D eigenvalue weighted by atomic mass is 35.5. The van der Waals surface area contributed by atoms with Gasteiger partial charge in [0.05, 0.1) is 29.0 Å². The zero-order valence-electron chi connectivity index (χ0n) is 10.9. The minimum atomic E-state index is -0.153. The number of halogens is 1. The second-order valence-corrected chi connectivity index (χ2v) is 6.11. The monoisotopic (exact) mass is 310 g/mol. The lowest BCUT2D eigenvalue weighted by atomic mass is 9.85. The molecule has 20 heavy (non-hydrogen) atoms. The Morgan fingerprint density at radius 2 is 2.35 bits per heavy atom. The fourth-order valence-electron chi connectivity index (χ4n) is 2.18. The van der Waals surface area contributed by atoms with E-state index in [0.29, 0.717) is 29.7 Å². The lowest BCUT2D eigenvalue weighted by Gasteiger charge is -2.25. The maximum Gasteiger partial charge on any atom is 0.291 e. The van der Waals surface area contributed by atoms with Gasteiger partial charge in [-0.2, -0.15) is 5.10 Å². The van der Waals surface area contributed by atoms with Gasteiger partial charge in [-0.25, -0.2) is 9.67 Å². The second-order valence-electron chi connectivity index (χ2n) is 4.99. The molecule has 0 radical (unpaired) electrons. The first kappa shape index (κ1) is 13.6. The van der Waals surface area contributed by atoms with Crippen LogP contribution in [0.1, 0.15) is 25.0 Å². The normalized spacial score (nSPS) is 15.1. The minimum Gasteiger partial charge on any atom is -0.374 e. The van der Waals surface area contributed by atoms with Crippen molar-refractivity contribution in [2.24, 2.45) is 5.92 Å². The van der Waals surface area contributed by atoms with E-state index in [9.17, 15) is 4.79 Å². The first-order valence-electron chi connectivity index (χ1n) is 6.60. The molecular weight excluding hydrogens is 296 g/mol. The Balaban J connectivity index is 1.77. The summed E-state index contributed by atoms with van der Waals surface area (Å²) in [5, 5.41) is 9.49. The van der Waals surface area contributed by atoms with Crippen LogP contribution in [0, 0.1) is 5.92 Å². The SMILES string of the molecule is O=c1c(NCc2cscn2)c(Cl)cnn1CC1CCC1. The molecule has 1 fully saturated rings. The van der Waals surface area contributed by atoms with Gasteiger partial charge in [0.25, 0.3) is 5.56 Å². The van der Waals surface area contributed by atoms with Crippen LogP contribution in [0.3, 0.4) is 0 Å². The van der Waals surface area contributed by atoms with Gasteiger partial charge in [0.1, 0.15) is 5.69 Å². The number of hydrogen-bond acceptors (Lipinski definition) is 5. The fraction of sp³-hybridized carbons (Fsp3) is 0.462. The summed E-state index contributed by atoms with van der Waals surface area (Å²) in [6.45, 7) is 1.17. The molecule has 7 heteroatoms. The van der Waals surface area contributed by atoms with Crippen molar-refractivity contribution in [2.75, 3.05) is 5.32 Å². The molecular formula is C13H15ClN4OS. The molecule has 2 heterocycles. The van der Waals surface area contributed by atoms with Gasteiger partial charge >= 0.3 is 0 Å². The highest BCUT2D eigenvalue weighted by molar-refractivity contribution is 7.07. The van der Waals surface area contributed by atoms with Crippen molar-refractivity contribution in [3.63, 3.8) is 0 Å². The largest absolute Gasteiger partial charge is 0.374 e. The molecule has 0 aliphatic heterocycles. The summed E-state index contributed by atoms with van der Waals surface area (Å²) in [7, 11) is 0. The molecule has 106 valence electrons. The number of anilines is 1. The third-order valence-electron chi connectivity index (χ3n) is 3.58. The van der Waals surface area contributed by atoms with E-state index in [4.69, 9.17) is 11.6 Å². The smallest absolute Gasteiger partial charge is 0.291 e. The molecule has 1 N–H and O–H groups in total. The Bertz CT molecular complexity index is 636. The van der Waals surface area contributed by atoms with Gasteiger partial charge in [0.15, 0.2) is 0 Å². The maximum absolute atomic E-state index is 12.4. The summed E-state index contributed by atoms with van der Waals surface area (Å²) in [6.07, 6.45) is 5.14. The number of aromatic nitrogens is 3. The highest BCUT2D eigenvalue weighted by Crippen LogP contribution is 2.27. The average molecular weight is 311 g/mol. The van der Waals surface area contributed by atoms with Crippen LogP contribution in [-0.2, 0) is 13.1 Å². The lowest BCUT2D eigenvalue weighted by molar-refractivity contribution is 0.262. The quantitative estimate of drug-likeness (QED) is 0.922. The lowest BCUT2D eigenvalue weighted by Crippen LogP contribution is -2.30. The van der Waals surface area contributed by atoms with Gasteiger partial charge < -0.3 is 5.32 Å². The Morgan fingerprint density at radius 3 is 3.00 bits per heavy atom. The molecule has 1 saturated carbocycles. The third kappa shape index (κ3) is 2.86. The van der Waals surface area contributed by atoms with E-state index in [1.807, 2.05) is 5.38 Å². The molecule has 0 amide bonds. The van der Waals surface area contributed by atoms with E-state index in [0.717, 1.165) is 5.69 Å². The van der Waals surface area contributed by atoms with Crippen LogP contribution < -0.4 is 10.9 Å². The first-order chi connectivity index (χ1) is 9.74. The van der Waals surface area contributed by atoms with Crippen LogP contribution in [0.2, 0.25) is 5.02 Å². The Morgan fingerprint density at radius 1 is 1.50 bits per heavy atom. The first-order valence-corrected chi connectivity index (χ1v) is 7.92. The van der Waals surface area contributed by atoms with Crippen molar-refractivity contribution < 1.29 is 0 Å². The molecule has 0 aromatic carbocycles. The Labute approximate surface area is 125 Å². The van der Waals surface area contributed by atoms with Crippen LogP contribution in [0.25, 0.3) is 0 Å². The van der Waals surface area contributed by atoms with Gasteiger partial charge in [0.2, 0.25) is 0 Å². The zero-order valence-corrected chi connectivity index (χ0v) is 12.5. The van der Waals surface area contributed by atoms with Crippen LogP contribution in [0.15, 0.2) is 21.9 Å². The molecule has 5 nitrogen and oxygen atoms in total. The van der Waals surface area contributed by atoms with Crippen molar-refractivity contribution in [1.29, 1.82) is 0 Å². The van der Waals surface area contributed by atoms with Gasteiger partial charge in [-0.3, -0.25) is 4.79 Å². The molecule has 2 aromatic heterocycles. The maximum atomic E-state index is 12.4. The topological polar surface area (TPSA) is 59.8 Å². The molecule has 1 aliphatic carbocycles. The van der Waals surface area contributed by atoms with Gasteiger partial charge in [-0.1, -0.05) is 18.0 Å². The Kier molecular flexibility index (Phi) is 4.03. The van der Waals surface area contributed by atoms with Crippen molar-refractivity contribution in [1.82, 2.24) is 14.8 Å². The van der Waals surface area contributed by atoms with Crippen molar-refractivity contribution in [2.45, 2.75) is 32.4 Å². The molecule has 1 aliphatic rings. The van der Waals surface area contributed by atoms with Crippen molar-refractivity contribution in [3.05, 3.63) is 38.2 Å². The van der Waals surface area contributed by atoms with Crippen LogP contribution in [0.5, 0.6) is 0 Å². The zero-order chi connectivity index (χ0) is 13.9. The number of rotatable bonds is 5. The van der Waals surface area contributed by atoms with Crippen molar-refractivity contribution in [3.8, 4) is 0 Å². The molecule has 2 aromatic rings. The van der Waals surface area contributed by atoms with Gasteiger partial charge in [-0.15, -0.1) is 11.3 Å². The van der Waals surface area contributed by atoms with Gasteiger partial charge in [-0.05, 0) is 18.8 Å². The van der Waals surface area contributed by atoms with E-state index in [1.54, 1.807) is 5.51 Å². The van der Waals surface area contributed by atoms with E-state index in [1.165, 1.54) is 41.5 Å². The summed E-state index contributed by atoms with van der Waals surface area (Å²) >= 11 is 7.60. The molecule has 0 atom stereocenters. The molecule has 0 saturated heterocycles. The molecule has 0 unspecified atom stereocenters. The average Bonchev–Trinajstić information content (AvgIpc) is 2.89. The minimum absolute atomic E-state index is 0.153. The summed E-state index contributed by atoms with van der Waals surface area (Å²) in [5.74, 6) is 0.577. The summed E-state index contributed by atoms with van der Waals surface area (Å²) in [6, 6.07) is 0. The highest BCUT2D eigenvalue weighted by Gasteiger charge is 2.20. The fourth-order valence-corrected chi connectivity index (χ4v) is 2.93. The van der Waals surface area contributed by atoms with Crippen LogP contribution >= 0.6 is 22.9 Å². The molecule has 0 bridgehead atoms. The number of hydrogen-bond donors (Lipinski definition) is 1. The van der Waals surface area contributed by atoms with E-state index < -0.39 is 0 Å². The predicted octanol–water partition coefficient (Wildman–Crippen LogP) is 2.77. The van der Waals surface area contributed by atoms with Gasteiger partial charge in [0, 0.05) is 11.9 Å². The standard InChI is InChI=1S/C13H15ClN4OS/c14-11-5-17-18(6-9-2-1-3-9)13(19)12(11)15-4-10-7-20-8-16-10/h5,7-9,15H,1-4,6H2. The second kappa shape index (κ2) is 5.93. The number of nitrogens with one attached hydrogen (secondary N) is 1. The summed E-state index contributed by atoms with van der Waals surface area (Å²) in [5.41, 5.74) is 2.92. The van der Waals surface area contributed by atoms with E-state index >= 15 is 0 Å². The van der Waals surface area contributed by atoms with Crippen LogP contribution in [-0.4, -0.2) is 14.8 Å². The predicted molar refractivity (Wildman–Crippen MR) is 80.3 cm³/mol. The summed E-state index contributed by atoms with van der Waals surface area (Å²) in [4.78, 5) is 16.5. The molecule has 0 spiro atoms. The number of thiazole rings is 1.